The molecule has 0 bridgehead atoms. The number of carbonyl (C=O) groups is 1. The zero-order valence-corrected chi connectivity index (χ0v) is 12.9. The second-order valence-corrected chi connectivity index (χ2v) is 5.96. The highest BCUT2D eigenvalue weighted by molar-refractivity contribution is 6.30. The maximum atomic E-state index is 11.8. The molecule has 21 heavy (non-hydrogen) atoms. The van der Waals surface area contributed by atoms with Crippen molar-refractivity contribution in [3.63, 3.8) is 0 Å². The molecule has 1 aromatic rings. The summed E-state index contributed by atoms with van der Waals surface area (Å²) in [6.07, 6.45) is 5.38. The molecule has 0 atom stereocenters. The molecule has 5 heteroatoms. The first-order chi connectivity index (χ1) is 10.1. The van der Waals surface area contributed by atoms with Gasteiger partial charge in [0.05, 0.1) is 6.10 Å². The fourth-order valence-corrected chi connectivity index (χ4v) is 2.61. The Hall–Kier alpha value is -1.10. The molecule has 0 heterocycles. The van der Waals surface area contributed by atoms with Gasteiger partial charge in [-0.05, 0) is 56.4 Å². The number of benzene rings is 1. The third-order valence-corrected chi connectivity index (χ3v) is 4.04. The Kier molecular flexibility index (Phi) is 6.49. The molecule has 0 saturated heterocycles. The molecule has 1 aliphatic rings. The van der Waals surface area contributed by atoms with Crippen molar-refractivity contribution in [1.82, 2.24) is 5.32 Å². The van der Waals surface area contributed by atoms with Gasteiger partial charge in [-0.25, -0.2) is 0 Å². The quantitative estimate of drug-likeness (QED) is 0.794. The fourth-order valence-electron chi connectivity index (χ4n) is 2.48. The van der Waals surface area contributed by atoms with Crippen molar-refractivity contribution in [3.8, 4) is 0 Å². The molecular formula is C16H23ClN2O2. The van der Waals surface area contributed by atoms with Crippen molar-refractivity contribution < 1.29 is 9.53 Å². The molecule has 4 nitrogen and oxygen atoms in total. The van der Waals surface area contributed by atoms with Gasteiger partial charge < -0.3 is 15.8 Å². The van der Waals surface area contributed by atoms with E-state index in [4.69, 9.17) is 22.1 Å². The van der Waals surface area contributed by atoms with E-state index in [1.54, 1.807) is 24.3 Å². The zero-order chi connectivity index (χ0) is 15.1. The van der Waals surface area contributed by atoms with Crippen molar-refractivity contribution in [2.24, 2.45) is 5.73 Å². The van der Waals surface area contributed by atoms with Crippen molar-refractivity contribution >= 4 is 17.5 Å². The van der Waals surface area contributed by atoms with Crippen LogP contribution in [0.15, 0.2) is 24.3 Å². The highest BCUT2D eigenvalue weighted by atomic mass is 35.5. The molecule has 0 aliphatic heterocycles. The highest BCUT2D eigenvalue weighted by Crippen LogP contribution is 2.19. The van der Waals surface area contributed by atoms with E-state index >= 15 is 0 Å². The predicted octanol–water partition coefficient (Wildman–Crippen LogP) is 2.75. The summed E-state index contributed by atoms with van der Waals surface area (Å²) in [6.45, 7) is 1.30. The van der Waals surface area contributed by atoms with Crippen LogP contribution >= 0.6 is 11.6 Å². The SMILES string of the molecule is NC1CCC(OCCCNC(=O)c2ccc(Cl)cc2)CC1. The maximum absolute atomic E-state index is 11.8. The van der Waals surface area contributed by atoms with Crippen LogP contribution in [0, 0.1) is 0 Å². The van der Waals surface area contributed by atoms with Crippen LogP contribution in [0.3, 0.4) is 0 Å². The number of halogens is 1. The number of rotatable bonds is 6. The summed E-state index contributed by atoms with van der Waals surface area (Å²) in [5.41, 5.74) is 6.49. The van der Waals surface area contributed by atoms with Crippen LogP contribution in [-0.4, -0.2) is 31.2 Å². The lowest BCUT2D eigenvalue weighted by atomic mass is 9.94. The van der Waals surface area contributed by atoms with Crippen LogP contribution in [0.5, 0.6) is 0 Å². The van der Waals surface area contributed by atoms with E-state index in [1.165, 1.54) is 0 Å². The summed E-state index contributed by atoms with van der Waals surface area (Å²) in [4.78, 5) is 11.8. The van der Waals surface area contributed by atoms with Crippen LogP contribution in [0.2, 0.25) is 5.02 Å². The minimum Gasteiger partial charge on any atom is -0.378 e. The van der Waals surface area contributed by atoms with Crippen molar-refractivity contribution in [2.75, 3.05) is 13.2 Å². The number of nitrogens with one attached hydrogen (secondary N) is 1. The van der Waals surface area contributed by atoms with E-state index in [0.717, 1.165) is 32.1 Å². The van der Waals surface area contributed by atoms with Crippen molar-refractivity contribution in [2.45, 2.75) is 44.2 Å². The summed E-state index contributed by atoms with van der Waals surface area (Å²) in [7, 11) is 0. The summed E-state index contributed by atoms with van der Waals surface area (Å²) in [6, 6.07) is 7.23. The molecule has 1 saturated carbocycles. The Morgan fingerprint density at radius 1 is 1.24 bits per heavy atom. The van der Waals surface area contributed by atoms with E-state index in [1.807, 2.05) is 0 Å². The molecule has 2 rings (SSSR count). The maximum Gasteiger partial charge on any atom is 0.251 e. The third kappa shape index (κ3) is 5.65. The van der Waals surface area contributed by atoms with Crippen LogP contribution < -0.4 is 11.1 Å². The number of carbonyl (C=O) groups excluding carboxylic acids is 1. The molecule has 1 fully saturated rings. The van der Waals surface area contributed by atoms with E-state index in [9.17, 15) is 4.79 Å². The van der Waals surface area contributed by atoms with E-state index in [2.05, 4.69) is 5.32 Å². The molecule has 0 aromatic heterocycles. The second kappa shape index (κ2) is 8.37. The van der Waals surface area contributed by atoms with Gasteiger partial charge in [0.2, 0.25) is 0 Å². The number of ether oxygens (including phenoxy) is 1. The zero-order valence-electron chi connectivity index (χ0n) is 12.2. The van der Waals surface area contributed by atoms with Gasteiger partial charge in [-0.15, -0.1) is 0 Å². The fraction of sp³-hybridized carbons (Fsp3) is 0.562. The molecule has 0 radical (unpaired) electrons. The summed E-state index contributed by atoms with van der Waals surface area (Å²) in [5, 5.41) is 3.51. The van der Waals surface area contributed by atoms with Gasteiger partial charge in [-0.2, -0.15) is 0 Å². The van der Waals surface area contributed by atoms with Crippen LogP contribution in [0.4, 0.5) is 0 Å². The smallest absolute Gasteiger partial charge is 0.251 e. The lowest BCUT2D eigenvalue weighted by Crippen LogP contribution is -2.31. The lowest BCUT2D eigenvalue weighted by molar-refractivity contribution is 0.0241. The average molecular weight is 311 g/mol. The van der Waals surface area contributed by atoms with Gasteiger partial charge in [-0.1, -0.05) is 11.6 Å². The predicted molar refractivity (Wildman–Crippen MR) is 84.6 cm³/mol. The molecule has 1 amide bonds. The largest absolute Gasteiger partial charge is 0.378 e. The monoisotopic (exact) mass is 310 g/mol. The second-order valence-electron chi connectivity index (χ2n) is 5.52. The lowest BCUT2D eigenvalue weighted by Gasteiger charge is -2.26. The first kappa shape index (κ1) is 16.3. The van der Waals surface area contributed by atoms with Gasteiger partial charge in [-0.3, -0.25) is 4.79 Å². The molecule has 1 aromatic carbocycles. The Balaban J connectivity index is 1.57. The van der Waals surface area contributed by atoms with Gasteiger partial charge >= 0.3 is 0 Å². The summed E-state index contributed by atoms with van der Waals surface area (Å²) in [5.74, 6) is -0.0738. The summed E-state index contributed by atoms with van der Waals surface area (Å²) >= 11 is 5.79. The Morgan fingerprint density at radius 2 is 1.90 bits per heavy atom. The first-order valence-corrected chi connectivity index (χ1v) is 7.94. The minimum atomic E-state index is -0.0738. The molecule has 116 valence electrons. The Labute approximate surface area is 131 Å². The number of hydrogen-bond acceptors (Lipinski definition) is 3. The van der Waals surface area contributed by atoms with Crippen LogP contribution in [0.25, 0.3) is 0 Å². The standard InChI is InChI=1S/C16H23ClN2O2/c17-13-4-2-12(3-5-13)16(20)19-10-1-11-21-15-8-6-14(18)7-9-15/h2-5,14-15H,1,6-11,18H2,(H,19,20). The van der Waals surface area contributed by atoms with Crippen molar-refractivity contribution in [3.05, 3.63) is 34.9 Å². The molecule has 1 aliphatic carbocycles. The molecule has 3 N–H and O–H groups in total. The van der Waals surface area contributed by atoms with Gasteiger partial charge in [0.25, 0.3) is 5.91 Å². The highest BCUT2D eigenvalue weighted by Gasteiger charge is 2.18. The molecule has 0 spiro atoms. The minimum absolute atomic E-state index is 0.0738. The topological polar surface area (TPSA) is 64.3 Å². The van der Waals surface area contributed by atoms with Gasteiger partial charge in [0.15, 0.2) is 0 Å². The normalized spacial score (nSPS) is 22.0. The van der Waals surface area contributed by atoms with Gasteiger partial charge in [0.1, 0.15) is 0 Å². The third-order valence-electron chi connectivity index (χ3n) is 3.79. The summed E-state index contributed by atoms with van der Waals surface area (Å²) < 4.78 is 5.81. The van der Waals surface area contributed by atoms with Gasteiger partial charge in [0, 0.05) is 29.8 Å². The van der Waals surface area contributed by atoms with Crippen LogP contribution in [0.1, 0.15) is 42.5 Å². The Bertz CT molecular complexity index is 442. The average Bonchev–Trinajstić information content (AvgIpc) is 2.49. The molecular weight excluding hydrogens is 288 g/mol. The number of nitrogens with two attached hydrogens (primary N) is 1. The van der Waals surface area contributed by atoms with Crippen LogP contribution in [-0.2, 0) is 4.74 Å². The molecule has 0 unspecified atom stereocenters. The van der Waals surface area contributed by atoms with E-state index in [0.29, 0.717) is 35.9 Å². The number of hydrogen-bond donors (Lipinski definition) is 2. The Morgan fingerprint density at radius 3 is 2.57 bits per heavy atom. The van der Waals surface area contributed by atoms with E-state index in [-0.39, 0.29) is 5.91 Å². The van der Waals surface area contributed by atoms with E-state index < -0.39 is 0 Å². The van der Waals surface area contributed by atoms with Crippen molar-refractivity contribution in [1.29, 1.82) is 0 Å². The number of amides is 1. The first-order valence-electron chi connectivity index (χ1n) is 7.56.